The van der Waals surface area contributed by atoms with E-state index in [0.717, 1.165) is 22.6 Å². The molecule has 6 heteroatoms. The van der Waals surface area contributed by atoms with Crippen molar-refractivity contribution >= 4 is 6.03 Å². The zero-order valence-electron chi connectivity index (χ0n) is 13.8. The number of amides is 2. The van der Waals surface area contributed by atoms with Gasteiger partial charge in [0.1, 0.15) is 11.6 Å². The third-order valence-corrected chi connectivity index (χ3v) is 3.79. The summed E-state index contributed by atoms with van der Waals surface area (Å²) < 4.78 is 18.0. The molecule has 0 spiro atoms. The molecular formula is C17H22FN3O2. The minimum Gasteiger partial charge on any atom is -0.361 e. The number of halogens is 1. The number of benzene rings is 1. The molecule has 2 atom stereocenters. The van der Waals surface area contributed by atoms with Crippen LogP contribution in [-0.2, 0) is 6.42 Å². The van der Waals surface area contributed by atoms with Crippen molar-refractivity contribution in [1.82, 2.24) is 15.8 Å². The highest BCUT2D eigenvalue weighted by atomic mass is 19.1. The van der Waals surface area contributed by atoms with E-state index in [4.69, 9.17) is 4.52 Å². The first-order valence-electron chi connectivity index (χ1n) is 7.61. The highest BCUT2D eigenvalue weighted by molar-refractivity contribution is 5.74. The zero-order chi connectivity index (χ0) is 17.0. The summed E-state index contributed by atoms with van der Waals surface area (Å²) in [6, 6.07) is 5.55. The van der Waals surface area contributed by atoms with Crippen LogP contribution < -0.4 is 10.6 Å². The minimum absolute atomic E-state index is 0.0628. The van der Waals surface area contributed by atoms with Crippen LogP contribution in [0.3, 0.4) is 0 Å². The smallest absolute Gasteiger partial charge is 0.315 e. The molecule has 2 rings (SSSR count). The van der Waals surface area contributed by atoms with Crippen molar-refractivity contribution in [2.75, 3.05) is 0 Å². The zero-order valence-corrected chi connectivity index (χ0v) is 13.8. The molecule has 0 fully saturated rings. The molecule has 0 aliphatic carbocycles. The van der Waals surface area contributed by atoms with Crippen LogP contribution >= 0.6 is 0 Å². The number of hydrogen-bond acceptors (Lipinski definition) is 3. The molecule has 2 aromatic rings. The monoisotopic (exact) mass is 319 g/mol. The maximum absolute atomic E-state index is 12.9. The van der Waals surface area contributed by atoms with E-state index in [0.29, 0.717) is 6.42 Å². The van der Waals surface area contributed by atoms with Crippen molar-refractivity contribution in [2.45, 2.75) is 46.2 Å². The van der Waals surface area contributed by atoms with Crippen LogP contribution in [-0.4, -0.2) is 17.2 Å². The molecule has 1 heterocycles. The highest BCUT2D eigenvalue weighted by Crippen LogP contribution is 2.15. The fourth-order valence-electron chi connectivity index (χ4n) is 2.45. The van der Waals surface area contributed by atoms with E-state index in [9.17, 15) is 9.18 Å². The molecule has 0 bridgehead atoms. The summed E-state index contributed by atoms with van der Waals surface area (Å²) >= 11 is 0. The van der Waals surface area contributed by atoms with Gasteiger partial charge >= 0.3 is 6.03 Å². The van der Waals surface area contributed by atoms with Gasteiger partial charge in [0.25, 0.3) is 0 Å². The topological polar surface area (TPSA) is 67.2 Å². The lowest BCUT2D eigenvalue weighted by atomic mass is 10.1. The molecule has 124 valence electrons. The Morgan fingerprint density at radius 1 is 1.22 bits per heavy atom. The summed E-state index contributed by atoms with van der Waals surface area (Å²) in [4.78, 5) is 12.1. The number of carbonyl (C=O) groups is 1. The Morgan fingerprint density at radius 3 is 2.43 bits per heavy atom. The molecule has 0 radical (unpaired) electrons. The molecule has 0 aliphatic heterocycles. The summed E-state index contributed by atoms with van der Waals surface area (Å²) in [5.74, 6) is 0.481. The molecule has 0 saturated carbocycles. The molecule has 0 saturated heterocycles. The Kier molecular flexibility index (Phi) is 5.36. The highest BCUT2D eigenvalue weighted by Gasteiger charge is 2.16. The number of aryl methyl sites for hydroxylation is 2. The minimum atomic E-state index is -0.293. The number of rotatable bonds is 5. The number of carbonyl (C=O) groups excluding carboxylic acids is 1. The van der Waals surface area contributed by atoms with Gasteiger partial charge in [0.2, 0.25) is 0 Å². The molecule has 2 N–H and O–H groups in total. The van der Waals surface area contributed by atoms with Gasteiger partial charge in [-0.2, -0.15) is 0 Å². The first kappa shape index (κ1) is 17.0. The van der Waals surface area contributed by atoms with Gasteiger partial charge in [0.15, 0.2) is 0 Å². The molecule has 0 aliphatic rings. The van der Waals surface area contributed by atoms with E-state index in [-0.39, 0.29) is 23.9 Å². The summed E-state index contributed by atoms with van der Waals surface area (Å²) in [6.07, 6.45) is 0.652. The predicted molar refractivity (Wildman–Crippen MR) is 85.6 cm³/mol. The Bertz CT molecular complexity index is 647. The molecule has 23 heavy (non-hydrogen) atoms. The largest absolute Gasteiger partial charge is 0.361 e. The van der Waals surface area contributed by atoms with Gasteiger partial charge in [-0.1, -0.05) is 17.3 Å². The van der Waals surface area contributed by atoms with E-state index in [1.807, 2.05) is 27.7 Å². The lowest BCUT2D eigenvalue weighted by molar-refractivity contribution is 0.234. The Hall–Kier alpha value is -2.37. The van der Waals surface area contributed by atoms with Crippen LogP contribution in [0.2, 0.25) is 0 Å². The summed E-state index contributed by atoms with van der Waals surface area (Å²) in [5, 5.41) is 9.64. The van der Waals surface area contributed by atoms with Gasteiger partial charge in [-0.15, -0.1) is 0 Å². The SMILES string of the molecule is Cc1noc(C)c1C[C@H](C)NC(=O)N[C@H](C)c1ccc(F)cc1. The first-order chi connectivity index (χ1) is 10.9. The summed E-state index contributed by atoms with van der Waals surface area (Å²) in [7, 11) is 0. The van der Waals surface area contributed by atoms with Crippen LogP contribution in [0.25, 0.3) is 0 Å². The van der Waals surface area contributed by atoms with Crippen LogP contribution in [0.15, 0.2) is 28.8 Å². The average molecular weight is 319 g/mol. The average Bonchev–Trinajstić information content (AvgIpc) is 2.79. The van der Waals surface area contributed by atoms with Crippen LogP contribution in [0, 0.1) is 19.7 Å². The van der Waals surface area contributed by atoms with Crippen LogP contribution in [0.1, 0.15) is 42.5 Å². The molecule has 2 amide bonds. The second kappa shape index (κ2) is 7.26. The second-order valence-electron chi connectivity index (χ2n) is 5.80. The molecule has 5 nitrogen and oxygen atoms in total. The van der Waals surface area contributed by atoms with Crippen molar-refractivity contribution in [3.63, 3.8) is 0 Å². The summed E-state index contributed by atoms with van der Waals surface area (Å²) in [6.45, 7) is 7.52. The van der Waals surface area contributed by atoms with Gasteiger partial charge < -0.3 is 15.2 Å². The van der Waals surface area contributed by atoms with Crippen LogP contribution in [0.4, 0.5) is 9.18 Å². The number of urea groups is 1. The Morgan fingerprint density at radius 2 is 1.87 bits per heavy atom. The predicted octanol–water partition coefficient (Wildman–Crippen LogP) is 3.42. The standard InChI is InChI=1S/C17H22FN3O2/c1-10(9-16-12(3)21-23-13(16)4)19-17(22)20-11(2)14-5-7-15(18)8-6-14/h5-8,10-11H,9H2,1-4H3,(H2,19,20,22)/t10-,11+/m0/s1. The molecular weight excluding hydrogens is 297 g/mol. The van der Waals surface area contributed by atoms with Crippen LogP contribution in [0.5, 0.6) is 0 Å². The fraction of sp³-hybridized carbons (Fsp3) is 0.412. The normalized spacial score (nSPS) is 13.4. The number of nitrogens with one attached hydrogen (secondary N) is 2. The molecule has 1 aromatic heterocycles. The quantitative estimate of drug-likeness (QED) is 0.887. The lowest BCUT2D eigenvalue weighted by Crippen LogP contribution is -2.42. The third kappa shape index (κ3) is 4.55. The van der Waals surface area contributed by atoms with Crippen molar-refractivity contribution in [3.8, 4) is 0 Å². The first-order valence-corrected chi connectivity index (χ1v) is 7.61. The van der Waals surface area contributed by atoms with Crippen molar-refractivity contribution in [2.24, 2.45) is 0 Å². The summed E-state index contributed by atoms with van der Waals surface area (Å²) in [5.41, 5.74) is 2.71. The fourth-order valence-corrected chi connectivity index (χ4v) is 2.45. The number of hydrogen-bond donors (Lipinski definition) is 2. The molecule has 0 unspecified atom stereocenters. The Balaban J connectivity index is 1.87. The maximum atomic E-state index is 12.9. The van der Waals surface area contributed by atoms with Gasteiger partial charge in [-0.25, -0.2) is 9.18 Å². The van der Waals surface area contributed by atoms with E-state index < -0.39 is 0 Å². The van der Waals surface area contributed by atoms with E-state index in [1.54, 1.807) is 12.1 Å². The van der Waals surface area contributed by atoms with Gasteiger partial charge in [0, 0.05) is 11.6 Å². The van der Waals surface area contributed by atoms with Gasteiger partial charge in [0.05, 0.1) is 11.7 Å². The third-order valence-electron chi connectivity index (χ3n) is 3.79. The van der Waals surface area contributed by atoms with E-state index >= 15 is 0 Å². The maximum Gasteiger partial charge on any atom is 0.315 e. The van der Waals surface area contributed by atoms with Crippen molar-refractivity contribution in [3.05, 3.63) is 52.7 Å². The molecule has 1 aromatic carbocycles. The van der Waals surface area contributed by atoms with E-state index in [2.05, 4.69) is 15.8 Å². The van der Waals surface area contributed by atoms with Gasteiger partial charge in [-0.05, 0) is 51.8 Å². The van der Waals surface area contributed by atoms with Crippen molar-refractivity contribution in [1.29, 1.82) is 0 Å². The number of aromatic nitrogens is 1. The van der Waals surface area contributed by atoms with E-state index in [1.165, 1.54) is 12.1 Å². The lowest BCUT2D eigenvalue weighted by Gasteiger charge is -2.18. The van der Waals surface area contributed by atoms with Crippen molar-refractivity contribution < 1.29 is 13.7 Å². The second-order valence-corrected chi connectivity index (χ2v) is 5.80. The number of nitrogens with zero attached hydrogens (tertiary/aromatic N) is 1. The Labute approximate surface area is 135 Å². The van der Waals surface area contributed by atoms with Gasteiger partial charge in [-0.3, -0.25) is 0 Å².